The molecule has 0 aromatic heterocycles. The SMILES string of the molecule is CC(C)N(C)CCCCNCc1cc(Br)cc([N+](=O)[O-])c1. The molecule has 21 heavy (non-hydrogen) atoms. The Morgan fingerprint density at radius 2 is 2.05 bits per heavy atom. The molecule has 5 nitrogen and oxygen atoms in total. The van der Waals surface area contributed by atoms with Gasteiger partial charge in [-0.1, -0.05) is 15.9 Å². The molecule has 0 saturated carbocycles. The molecule has 0 amide bonds. The van der Waals surface area contributed by atoms with Crippen LogP contribution in [0.2, 0.25) is 0 Å². The van der Waals surface area contributed by atoms with E-state index in [1.165, 1.54) is 6.07 Å². The van der Waals surface area contributed by atoms with Crippen molar-refractivity contribution in [1.29, 1.82) is 0 Å². The van der Waals surface area contributed by atoms with Gasteiger partial charge in [0.25, 0.3) is 5.69 Å². The van der Waals surface area contributed by atoms with Crippen molar-refractivity contribution in [3.05, 3.63) is 38.3 Å². The number of nitrogens with one attached hydrogen (secondary N) is 1. The highest BCUT2D eigenvalue weighted by molar-refractivity contribution is 9.10. The van der Waals surface area contributed by atoms with E-state index in [-0.39, 0.29) is 10.6 Å². The average Bonchev–Trinajstić information content (AvgIpc) is 2.41. The Balaban J connectivity index is 2.28. The van der Waals surface area contributed by atoms with Gasteiger partial charge in [0.2, 0.25) is 0 Å². The second-order valence-corrected chi connectivity index (χ2v) is 6.45. The molecule has 0 heterocycles. The molecule has 0 radical (unpaired) electrons. The van der Waals surface area contributed by atoms with Crippen molar-refractivity contribution in [2.45, 2.75) is 39.3 Å². The molecule has 0 atom stereocenters. The summed E-state index contributed by atoms with van der Waals surface area (Å²) in [7, 11) is 2.14. The molecular weight excluding hydrogens is 334 g/mol. The van der Waals surface area contributed by atoms with Gasteiger partial charge in [0.1, 0.15) is 0 Å². The van der Waals surface area contributed by atoms with Gasteiger partial charge < -0.3 is 10.2 Å². The largest absolute Gasteiger partial charge is 0.313 e. The molecule has 0 unspecified atom stereocenters. The van der Waals surface area contributed by atoms with Gasteiger partial charge in [0, 0.05) is 29.2 Å². The second kappa shape index (κ2) is 9.12. The van der Waals surface area contributed by atoms with Crippen molar-refractivity contribution in [2.75, 3.05) is 20.1 Å². The first-order valence-electron chi connectivity index (χ1n) is 7.25. The average molecular weight is 358 g/mol. The maximum Gasteiger partial charge on any atom is 0.270 e. The fourth-order valence-corrected chi connectivity index (χ4v) is 2.47. The van der Waals surface area contributed by atoms with Crippen LogP contribution >= 0.6 is 15.9 Å². The van der Waals surface area contributed by atoms with E-state index in [0.29, 0.717) is 12.6 Å². The molecule has 1 N–H and O–H groups in total. The molecule has 0 aliphatic rings. The van der Waals surface area contributed by atoms with E-state index in [0.717, 1.165) is 36.0 Å². The van der Waals surface area contributed by atoms with Crippen LogP contribution in [0, 0.1) is 10.1 Å². The molecule has 118 valence electrons. The Bertz CT molecular complexity index is 466. The lowest BCUT2D eigenvalue weighted by atomic mass is 10.2. The standard InChI is InChI=1S/C15H24BrN3O2/c1-12(2)18(3)7-5-4-6-17-11-13-8-14(16)10-15(9-13)19(20)21/h8-10,12,17H,4-7,11H2,1-3H3. The first-order valence-corrected chi connectivity index (χ1v) is 8.04. The molecule has 0 aliphatic heterocycles. The van der Waals surface area contributed by atoms with Crippen LogP contribution in [-0.4, -0.2) is 36.0 Å². The molecule has 1 aromatic carbocycles. The summed E-state index contributed by atoms with van der Waals surface area (Å²) in [6.45, 7) is 7.06. The molecule has 0 saturated heterocycles. The van der Waals surface area contributed by atoms with Gasteiger partial charge in [0.15, 0.2) is 0 Å². The zero-order valence-corrected chi connectivity index (χ0v) is 14.5. The number of rotatable bonds is 9. The van der Waals surface area contributed by atoms with Crippen LogP contribution in [0.15, 0.2) is 22.7 Å². The van der Waals surface area contributed by atoms with E-state index < -0.39 is 0 Å². The quantitative estimate of drug-likeness (QED) is 0.417. The molecule has 0 spiro atoms. The Morgan fingerprint density at radius 1 is 1.33 bits per heavy atom. The summed E-state index contributed by atoms with van der Waals surface area (Å²) < 4.78 is 0.743. The predicted octanol–water partition coefficient (Wildman–Crippen LogP) is 3.57. The van der Waals surface area contributed by atoms with Crippen LogP contribution in [0.4, 0.5) is 5.69 Å². The summed E-state index contributed by atoms with van der Waals surface area (Å²) in [6, 6.07) is 5.63. The fraction of sp³-hybridized carbons (Fsp3) is 0.600. The minimum Gasteiger partial charge on any atom is -0.313 e. The molecular formula is C15H24BrN3O2. The lowest BCUT2D eigenvalue weighted by Gasteiger charge is -2.20. The van der Waals surface area contributed by atoms with Crippen LogP contribution in [0.1, 0.15) is 32.3 Å². The molecule has 1 rings (SSSR count). The van der Waals surface area contributed by atoms with Crippen LogP contribution in [0.25, 0.3) is 0 Å². The minimum absolute atomic E-state index is 0.125. The monoisotopic (exact) mass is 357 g/mol. The van der Waals surface area contributed by atoms with Gasteiger partial charge in [0.05, 0.1) is 4.92 Å². The molecule has 0 bridgehead atoms. The zero-order chi connectivity index (χ0) is 15.8. The predicted molar refractivity (Wildman–Crippen MR) is 89.5 cm³/mol. The number of nitro benzene ring substituents is 1. The van der Waals surface area contributed by atoms with Gasteiger partial charge in [-0.25, -0.2) is 0 Å². The van der Waals surface area contributed by atoms with Crippen LogP contribution in [0.5, 0.6) is 0 Å². The highest BCUT2D eigenvalue weighted by Gasteiger charge is 2.08. The summed E-state index contributed by atoms with van der Waals surface area (Å²) in [5.74, 6) is 0. The Hall–Kier alpha value is -0.980. The summed E-state index contributed by atoms with van der Waals surface area (Å²) in [4.78, 5) is 12.8. The third-order valence-corrected chi connectivity index (χ3v) is 3.94. The van der Waals surface area contributed by atoms with Crippen molar-refractivity contribution in [2.24, 2.45) is 0 Å². The van der Waals surface area contributed by atoms with Gasteiger partial charge in [-0.15, -0.1) is 0 Å². The smallest absolute Gasteiger partial charge is 0.270 e. The summed E-state index contributed by atoms with van der Waals surface area (Å²) in [6.07, 6.45) is 2.26. The number of benzene rings is 1. The minimum atomic E-state index is -0.365. The summed E-state index contributed by atoms with van der Waals surface area (Å²) in [5, 5.41) is 14.1. The summed E-state index contributed by atoms with van der Waals surface area (Å²) >= 11 is 3.31. The third-order valence-electron chi connectivity index (χ3n) is 3.48. The van der Waals surface area contributed by atoms with Gasteiger partial charge in [-0.3, -0.25) is 10.1 Å². The number of hydrogen-bond acceptors (Lipinski definition) is 4. The van der Waals surface area contributed by atoms with Crippen molar-refractivity contribution in [1.82, 2.24) is 10.2 Å². The fourth-order valence-electron chi connectivity index (χ4n) is 1.94. The zero-order valence-electron chi connectivity index (χ0n) is 12.9. The number of nitrogens with zero attached hydrogens (tertiary/aromatic N) is 2. The third kappa shape index (κ3) is 7.02. The number of halogens is 1. The number of non-ortho nitro benzene ring substituents is 1. The molecule has 1 aromatic rings. The van der Waals surface area contributed by atoms with Gasteiger partial charge >= 0.3 is 0 Å². The lowest BCUT2D eigenvalue weighted by Crippen LogP contribution is -2.27. The van der Waals surface area contributed by atoms with E-state index in [9.17, 15) is 10.1 Å². The van der Waals surface area contributed by atoms with Crippen molar-refractivity contribution in [3.8, 4) is 0 Å². The van der Waals surface area contributed by atoms with E-state index in [2.05, 4.69) is 47.0 Å². The normalized spacial score (nSPS) is 11.3. The number of hydrogen-bond donors (Lipinski definition) is 1. The highest BCUT2D eigenvalue weighted by Crippen LogP contribution is 2.21. The van der Waals surface area contributed by atoms with Gasteiger partial charge in [-0.05, 0) is 58.5 Å². The maximum atomic E-state index is 10.8. The van der Waals surface area contributed by atoms with Gasteiger partial charge in [-0.2, -0.15) is 0 Å². The Morgan fingerprint density at radius 3 is 2.67 bits per heavy atom. The van der Waals surface area contributed by atoms with E-state index >= 15 is 0 Å². The van der Waals surface area contributed by atoms with E-state index in [4.69, 9.17) is 0 Å². The number of nitro groups is 1. The van der Waals surface area contributed by atoms with Crippen LogP contribution in [0.3, 0.4) is 0 Å². The van der Waals surface area contributed by atoms with Crippen LogP contribution < -0.4 is 5.32 Å². The first-order chi connectivity index (χ1) is 9.90. The Labute approximate surface area is 135 Å². The van der Waals surface area contributed by atoms with Crippen molar-refractivity contribution in [3.63, 3.8) is 0 Å². The molecule has 6 heteroatoms. The topological polar surface area (TPSA) is 58.4 Å². The van der Waals surface area contributed by atoms with Crippen molar-refractivity contribution < 1.29 is 4.92 Å². The second-order valence-electron chi connectivity index (χ2n) is 5.53. The summed E-state index contributed by atoms with van der Waals surface area (Å²) in [5.41, 5.74) is 1.05. The lowest BCUT2D eigenvalue weighted by molar-refractivity contribution is -0.385. The van der Waals surface area contributed by atoms with Crippen LogP contribution in [-0.2, 0) is 6.54 Å². The molecule has 0 fully saturated rings. The van der Waals surface area contributed by atoms with Crippen molar-refractivity contribution >= 4 is 21.6 Å². The highest BCUT2D eigenvalue weighted by atomic mass is 79.9. The molecule has 0 aliphatic carbocycles. The maximum absolute atomic E-state index is 10.8. The Kier molecular flexibility index (Phi) is 7.85. The van der Waals surface area contributed by atoms with E-state index in [1.54, 1.807) is 6.07 Å². The number of unbranched alkanes of at least 4 members (excludes halogenated alkanes) is 1. The first kappa shape index (κ1) is 18.1. The van der Waals surface area contributed by atoms with E-state index in [1.807, 2.05) is 6.07 Å².